The fraction of sp³-hybridized carbons (Fsp3) is 1.00. The van der Waals surface area contributed by atoms with Gasteiger partial charge in [-0.25, -0.2) is 0 Å². The molecule has 7 nitrogen and oxygen atoms in total. The first-order valence-electron chi connectivity index (χ1n) is 12.8. The van der Waals surface area contributed by atoms with E-state index in [0.29, 0.717) is 0 Å². The molecule has 0 atom stereocenters. The first-order chi connectivity index (χ1) is 16.0. The maximum atomic E-state index is 6.36. The van der Waals surface area contributed by atoms with E-state index in [0.717, 1.165) is 18.1 Å². The minimum absolute atomic E-state index is 1.10. The Kier molecular flexibility index (Phi) is 23.4. The van der Waals surface area contributed by atoms with Crippen molar-refractivity contribution in [3.8, 4) is 0 Å². The lowest BCUT2D eigenvalue weighted by molar-refractivity contribution is 0.276. The summed E-state index contributed by atoms with van der Waals surface area (Å²) in [5.41, 5.74) is 0. The van der Waals surface area contributed by atoms with E-state index in [1.807, 2.05) is 7.11 Å². The number of unbranched alkanes of at least 4 members (excludes halogenated alkanes) is 6. The highest BCUT2D eigenvalue weighted by Gasteiger charge is 2.32. The molecule has 0 fully saturated rings. The number of rotatable bonds is 25. The summed E-state index contributed by atoms with van der Waals surface area (Å²) in [6, 6.07) is 7.12. The third kappa shape index (κ3) is 16.8. The van der Waals surface area contributed by atoms with Crippen molar-refractivity contribution < 1.29 is 31.0 Å². The molecule has 200 valence electrons. The molecule has 0 spiro atoms. The van der Waals surface area contributed by atoms with Crippen molar-refractivity contribution in [1.29, 1.82) is 0 Å². The van der Waals surface area contributed by atoms with Crippen LogP contribution in [-0.2, 0) is 31.0 Å². The summed E-state index contributed by atoms with van der Waals surface area (Å²) in [5.74, 6) is 0. The normalized spacial score (nSPS) is 12.5. The maximum Gasteiger partial charge on any atom is 0.320 e. The van der Waals surface area contributed by atoms with Crippen molar-refractivity contribution in [2.75, 3.05) is 49.8 Å². The smallest absolute Gasteiger partial charge is 0.320 e. The zero-order valence-corrected chi connectivity index (χ0v) is 27.2. The third-order valence-corrected chi connectivity index (χ3v) is 17.2. The molecule has 0 saturated heterocycles. The monoisotopic (exact) mass is 542 g/mol. The van der Waals surface area contributed by atoms with Gasteiger partial charge in [-0.3, -0.25) is 0 Å². The Labute approximate surface area is 210 Å². The van der Waals surface area contributed by atoms with Gasteiger partial charge in [0.25, 0.3) is 0 Å². The molecule has 0 aliphatic heterocycles. The van der Waals surface area contributed by atoms with Crippen LogP contribution in [0.2, 0.25) is 36.3 Å². The lowest BCUT2D eigenvalue weighted by Crippen LogP contribution is -2.37. The Hall–Kier alpha value is 0.588. The van der Waals surface area contributed by atoms with Crippen LogP contribution in [0.3, 0.4) is 0 Å². The fourth-order valence-corrected chi connectivity index (χ4v) is 12.4. The van der Waals surface area contributed by atoms with Gasteiger partial charge in [0, 0.05) is 49.8 Å². The molecule has 0 aliphatic rings. The van der Waals surface area contributed by atoms with E-state index in [4.69, 9.17) is 31.0 Å². The van der Waals surface area contributed by atoms with Gasteiger partial charge in [-0.1, -0.05) is 57.8 Å². The van der Waals surface area contributed by atoms with Crippen molar-refractivity contribution >= 4 is 36.2 Å². The summed E-state index contributed by atoms with van der Waals surface area (Å²) in [7, 11) is 6.66. The second kappa shape index (κ2) is 23.0. The first-order valence-corrected chi connectivity index (χ1v) is 20.6. The molecule has 0 N–H and O–H groups in total. The standard InChI is InChI=1S/C22H54O7Si4/c1-23-30(24-2)17-11-8-14-20-33(29-7,21-15-9-12-18-31(25-3)26-4)22-16-10-13-19-32(27-5)28-6/h30-32H,8-22H2,1-7H3. The second-order valence-electron chi connectivity index (χ2n) is 8.89. The Morgan fingerprint density at radius 3 is 0.879 bits per heavy atom. The van der Waals surface area contributed by atoms with E-state index in [-0.39, 0.29) is 0 Å². The van der Waals surface area contributed by atoms with E-state index in [1.165, 1.54) is 75.9 Å². The Morgan fingerprint density at radius 1 is 0.394 bits per heavy atom. The highest BCUT2D eigenvalue weighted by molar-refractivity contribution is 6.73. The first kappa shape index (κ1) is 33.6. The molecule has 0 amide bonds. The van der Waals surface area contributed by atoms with Crippen LogP contribution in [0.4, 0.5) is 0 Å². The highest BCUT2D eigenvalue weighted by Crippen LogP contribution is 2.30. The van der Waals surface area contributed by atoms with E-state index in [2.05, 4.69) is 0 Å². The van der Waals surface area contributed by atoms with Gasteiger partial charge in [0.1, 0.15) is 0 Å². The molecule has 11 heteroatoms. The highest BCUT2D eigenvalue weighted by atomic mass is 28.4. The fourth-order valence-electron chi connectivity index (χ4n) is 4.48. The molecule has 0 rings (SSSR count). The Balaban J connectivity index is 4.55. The van der Waals surface area contributed by atoms with Crippen LogP contribution < -0.4 is 0 Å². The predicted octanol–water partition coefficient (Wildman–Crippen LogP) is 4.63. The summed E-state index contributed by atoms with van der Waals surface area (Å²) in [5, 5.41) is 0. The number of hydrogen-bond acceptors (Lipinski definition) is 7. The zero-order chi connectivity index (χ0) is 24.8. The van der Waals surface area contributed by atoms with Crippen molar-refractivity contribution in [2.45, 2.75) is 94.1 Å². The molecule has 0 radical (unpaired) electrons. The molecule has 0 heterocycles. The Bertz CT molecular complexity index is 357. The van der Waals surface area contributed by atoms with Gasteiger partial charge >= 0.3 is 27.9 Å². The van der Waals surface area contributed by atoms with Crippen LogP contribution in [0.1, 0.15) is 57.8 Å². The largest absolute Gasteiger partial charge is 0.420 e. The minimum Gasteiger partial charge on any atom is -0.420 e. The van der Waals surface area contributed by atoms with Crippen LogP contribution in [0.25, 0.3) is 0 Å². The SMILES string of the molecule is CO[SiH](CCCCC[Si](CCCCC[SiH](OC)OC)(CCCCC[SiH](OC)OC)OC)OC. The lowest BCUT2D eigenvalue weighted by atomic mass is 10.3. The van der Waals surface area contributed by atoms with Gasteiger partial charge < -0.3 is 31.0 Å². The van der Waals surface area contributed by atoms with Crippen molar-refractivity contribution in [3.05, 3.63) is 0 Å². The molecule has 0 aromatic rings. The van der Waals surface area contributed by atoms with E-state index in [1.54, 1.807) is 42.7 Å². The third-order valence-electron chi connectivity index (χ3n) is 6.73. The summed E-state index contributed by atoms with van der Waals surface area (Å²) >= 11 is 0. The lowest BCUT2D eigenvalue weighted by Gasteiger charge is -2.30. The Morgan fingerprint density at radius 2 is 0.667 bits per heavy atom. The molecule has 33 heavy (non-hydrogen) atoms. The molecular formula is C22H54O7Si4. The van der Waals surface area contributed by atoms with Gasteiger partial charge in [-0.2, -0.15) is 0 Å². The van der Waals surface area contributed by atoms with E-state index < -0.39 is 36.2 Å². The zero-order valence-electron chi connectivity index (χ0n) is 22.7. The summed E-state index contributed by atoms with van der Waals surface area (Å²) in [6.45, 7) is 0. The van der Waals surface area contributed by atoms with Gasteiger partial charge in [-0.05, 0) is 36.3 Å². The van der Waals surface area contributed by atoms with Gasteiger partial charge in [-0.15, -0.1) is 0 Å². The molecular weight excluding hydrogens is 489 g/mol. The quantitative estimate of drug-likeness (QED) is 0.123. The molecule has 0 saturated carbocycles. The van der Waals surface area contributed by atoms with Crippen LogP contribution in [0.5, 0.6) is 0 Å². The van der Waals surface area contributed by atoms with Crippen molar-refractivity contribution in [2.24, 2.45) is 0 Å². The number of hydrogen-bond donors (Lipinski definition) is 0. The summed E-state index contributed by atoms with van der Waals surface area (Å²) in [4.78, 5) is 0. The average molecular weight is 543 g/mol. The average Bonchev–Trinajstić information content (AvgIpc) is 2.85. The van der Waals surface area contributed by atoms with Gasteiger partial charge in [0.2, 0.25) is 0 Å². The van der Waals surface area contributed by atoms with Crippen LogP contribution in [-0.4, -0.2) is 85.9 Å². The molecule has 0 aliphatic carbocycles. The molecule has 0 aromatic heterocycles. The molecule has 0 bridgehead atoms. The van der Waals surface area contributed by atoms with E-state index in [9.17, 15) is 0 Å². The topological polar surface area (TPSA) is 64.6 Å². The van der Waals surface area contributed by atoms with E-state index >= 15 is 0 Å². The van der Waals surface area contributed by atoms with Crippen LogP contribution in [0, 0.1) is 0 Å². The molecule has 0 unspecified atom stereocenters. The van der Waals surface area contributed by atoms with Crippen molar-refractivity contribution in [1.82, 2.24) is 0 Å². The summed E-state index contributed by atoms with van der Waals surface area (Å²) < 4.78 is 39.1. The van der Waals surface area contributed by atoms with Crippen LogP contribution in [0.15, 0.2) is 0 Å². The second-order valence-corrected chi connectivity index (χ2v) is 20.3. The van der Waals surface area contributed by atoms with Crippen molar-refractivity contribution in [3.63, 3.8) is 0 Å². The predicted molar refractivity (Wildman–Crippen MR) is 147 cm³/mol. The minimum atomic E-state index is -1.70. The van der Waals surface area contributed by atoms with Gasteiger partial charge in [0.15, 0.2) is 8.32 Å². The van der Waals surface area contributed by atoms with Gasteiger partial charge in [0.05, 0.1) is 0 Å². The summed E-state index contributed by atoms with van der Waals surface area (Å²) in [6.07, 6.45) is 11.1. The maximum absolute atomic E-state index is 6.36. The van der Waals surface area contributed by atoms with Crippen LogP contribution >= 0.6 is 0 Å². The molecule has 0 aromatic carbocycles.